The number of unbranched alkanes of at least 4 members (excludes halogenated alkanes) is 2. The Balaban J connectivity index is 0.000000381. The lowest BCUT2D eigenvalue weighted by Crippen LogP contribution is -2.02. The van der Waals surface area contributed by atoms with E-state index >= 15 is 0 Å². The molecule has 0 aromatic heterocycles. The third-order valence-electron chi connectivity index (χ3n) is 3.61. The minimum atomic E-state index is -1.60. The molecule has 3 N–H and O–H groups in total. The zero-order valence-corrected chi connectivity index (χ0v) is 17.3. The molecule has 1 saturated carbocycles. The molecule has 0 amide bonds. The van der Waals surface area contributed by atoms with E-state index in [9.17, 15) is 4.79 Å². The molecule has 5 nitrogen and oxygen atoms in total. The lowest BCUT2D eigenvalue weighted by Gasteiger charge is -2.09. The minimum Gasteiger partial charge on any atom is -0.399 e. The van der Waals surface area contributed by atoms with Crippen molar-refractivity contribution >= 4 is 20.1 Å². The van der Waals surface area contributed by atoms with Gasteiger partial charge >= 0.3 is 8.60 Å². The molecular weight excluding hydrogens is 349 g/mol. The molecule has 0 unspecified atom stereocenters. The van der Waals surface area contributed by atoms with Crippen LogP contribution in [-0.4, -0.2) is 23.9 Å². The maximum atomic E-state index is 10.5. The van der Waals surface area contributed by atoms with Crippen molar-refractivity contribution in [2.24, 2.45) is 0 Å². The molecule has 6 heteroatoms. The Hall–Kier alpha value is -1.00. The quantitative estimate of drug-likeness (QED) is 0.344. The summed E-state index contributed by atoms with van der Waals surface area (Å²) in [5.74, 6) is 0.464. The Morgan fingerprint density at radius 1 is 0.962 bits per heavy atom. The van der Waals surface area contributed by atoms with Crippen LogP contribution in [0.15, 0.2) is 30.3 Å². The maximum absolute atomic E-state index is 10.5. The third kappa shape index (κ3) is 17.8. The zero-order valence-electron chi connectivity index (χ0n) is 16.4. The van der Waals surface area contributed by atoms with Gasteiger partial charge in [0.1, 0.15) is 5.78 Å². The van der Waals surface area contributed by atoms with Crippen LogP contribution in [0.3, 0.4) is 0 Å². The molecule has 1 aliphatic carbocycles. The number of nitrogen functional groups attached to an aromatic ring is 1. The van der Waals surface area contributed by atoms with Crippen molar-refractivity contribution in [1.29, 1.82) is 0 Å². The highest BCUT2D eigenvalue weighted by Gasteiger charge is 2.06. The Morgan fingerprint density at radius 3 is 1.77 bits per heavy atom. The van der Waals surface area contributed by atoms with Gasteiger partial charge in [-0.15, -0.1) is 0 Å². The number of Topliss-reactive ketones (excluding diaryl/α,β-unsaturated/α-hetero) is 1. The molecule has 26 heavy (non-hydrogen) atoms. The summed E-state index contributed by atoms with van der Waals surface area (Å²) in [5.41, 5.74) is 6.18. The van der Waals surface area contributed by atoms with Crippen LogP contribution in [0.5, 0.6) is 0 Å². The summed E-state index contributed by atoms with van der Waals surface area (Å²) >= 11 is 0. The molecule has 1 fully saturated rings. The normalized spacial score (nSPS) is 13.5. The molecule has 1 aromatic carbocycles. The topological polar surface area (TPSA) is 81.8 Å². The lowest BCUT2D eigenvalue weighted by molar-refractivity contribution is -0.120. The van der Waals surface area contributed by atoms with E-state index in [1.807, 2.05) is 30.3 Å². The van der Waals surface area contributed by atoms with E-state index in [0.29, 0.717) is 19.0 Å². The Kier molecular flexibility index (Phi) is 18.1. The van der Waals surface area contributed by atoms with Crippen molar-refractivity contribution in [3.63, 3.8) is 0 Å². The second kappa shape index (κ2) is 18.8. The van der Waals surface area contributed by atoms with Crippen LogP contribution in [0.4, 0.5) is 5.69 Å². The molecule has 0 aliphatic heterocycles. The summed E-state index contributed by atoms with van der Waals surface area (Å²) in [7, 11) is -1.60. The number of hydrogen-bond donors (Lipinski definition) is 2. The summed E-state index contributed by atoms with van der Waals surface area (Å²) in [5, 5.41) is 0. The largest absolute Gasteiger partial charge is 0.399 e. The number of benzene rings is 1. The number of carbonyl (C=O) groups excluding carboxylic acids is 1. The van der Waals surface area contributed by atoms with Gasteiger partial charge in [0.15, 0.2) is 0 Å². The molecule has 0 radical (unpaired) electrons. The number of carbonyl (C=O) groups is 1. The van der Waals surface area contributed by atoms with Crippen molar-refractivity contribution in [2.75, 3.05) is 18.9 Å². The van der Waals surface area contributed by atoms with Gasteiger partial charge in [-0.2, -0.15) is 0 Å². The Bertz CT molecular complexity index is 413. The van der Waals surface area contributed by atoms with Crippen LogP contribution in [0, 0.1) is 0 Å². The zero-order chi connectivity index (χ0) is 19.5. The van der Waals surface area contributed by atoms with Gasteiger partial charge in [-0.05, 0) is 37.8 Å². The Labute approximate surface area is 160 Å². The predicted molar refractivity (Wildman–Crippen MR) is 110 cm³/mol. The molecule has 2 rings (SSSR count). The molecule has 1 aliphatic rings. The summed E-state index contributed by atoms with van der Waals surface area (Å²) in [6.07, 6.45) is 9.37. The number of nitrogens with two attached hydrogens (primary N) is 1. The van der Waals surface area contributed by atoms with E-state index in [0.717, 1.165) is 57.1 Å². The fourth-order valence-corrected chi connectivity index (χ4v) is 2.66. The van der Waals surface area contributed by atoms with Crippen LogP contribution in [0.2, 0.25) is 0 Å². The smallest absolute Gasteiger partial charge is 0.329 e. The number of anilines is 1. The minimum absolute atomic E-state index is 0.464. The molecule has 0 bridgehead atoms. The molecule has 0 heterocycles. The maximum Gasteiger partial charge on any atom is 0.329 e. The van der Waals surface area contributed by atoms with Crippen molar-refractivity contribution in [3.8, 4) is 0 Å². The first-order valence-corrected chi connectivity index (χ1v) is 10.8. The molecule has 0 saturated heterocycles. The van der Waals surface area contributed by atoms with Gasteiger partial charge < -0.3 is 19.7 Å². The molecule has 1 aromatic rings. The summed E-state index contributed by atoms with van der Waals surface area (Å²) < 4.78 is 10.1. The van der Waals surface area contributed by atoms with Crippen LogP contribution in [0.25, 0.3) is 0 Å². The second-order valence-corrected chi connectivity index (χ2v) is 7.11. The lowest BCUT2D eigenvalue weighted by atomic mass is 10.00. The highest BCUT2D eigenvalue weighted by atomic mass is 31.2. The predicted octanol–water partition coefficient (Wildman–Crippen LogP) is 5.63. The monoisotopic (exact) mass is 385 g/mol. The number of para-hydroxylation sites is 1. The fraction of sp³-hybridized carbons (Fsp3) is 0.650. The first-order valence-electron chi connectivity index (χ1n) is 9.67. The van der Waals surface area contributed by atoms with Gasteiger partial charge in [0, 0.05) is 18.5 Å². The standard InChI is InChI=1S/C8H19O3P.C6H7N.C6H10O/c1-3-5-7-10-12(9)11-8-6-4-2;2*7-6-4-2-1-3-5-6/h9H,3-8H2,1-2H3;1-5H,7H2;1-5H2. The molecular formula is C20H36NO4P. The van der Waals surface area contributed by atoms with E-state index in [1.54, 1.807) is 0 Å². The van der Waals surface area contributed by atoms with Crippen molar-refractivity contribution in [1.82, 2.24) is 0 Å². The number of ketones is 1. The summed E-state index contributed by atoms with van der Waals surface area (Å²) in [6.45, 7) is 5.37. The van der Waals surface area contributed by atoms with Crippen LogP contribution in [-0.2, 0) is 13.8 Å². The number of rotatable bonds is 8. The van der Waals surface area contributed by atoms with Crippen molar-refractivity contribution in [3.05, 3.63) is 30.3 Å². The fourth-order valence-electron chi connectivity index (χ4n) is 2.01. The molecule has 0 spiro atoms. The van der Waals surface area contributed by atoms with Crippen LogP contribution < -0.4 is 5.73 Å². The highest BCUT2D eigenvalue weighted by molar-refractivity contribution is 7.40. The van der Waals surface area contributed by atoms with E-state index in [-0.39, 0.29) is 0 Å². The molecule has 150 valence electrons. The highest BCUT2D eigenvalue weighted by Crippen LogP contribution is 2.32. The first-order chi connectivity index (χ1) is 12.6. The van der Waals surface area contributed by atoms with E-state index < -0.39 is 8.60 Å². The van der Waals surface area contributed by atoms with Gasteiger partial charge in [-0.1, -0.05) is 51.3 Å². The van der Waals surface area contributed by atoms with Crippen molar-refractivity contribution in [2.45, 2.75) is 71.6 Å². The first kappa shape index (κ1) is 25.0. The van der Waals surface area contributed by atoms with E-state index in [2.05, 4.69) is 13.8 Å². The summed E-state index contributed by atoms with van der Waals surface area (Å²) in [4.78, 5) is 19.6. The van der Waals surface area contributed by atoms with Gasteiger partial charge in [-0.3, -0.25) is 4.79 Å². The molecule has 0 atom stereocenters. The average molecular weight is 385 g/mol. The van der Waals surface area contributed by atoms with E-state index in [1.165, 1.54) is 6.42 Å². The van der Waals surface area contributed by atoms with Crippen LogP contribution in [0.1, 0.15) is 71.6 Å². The summed E-state index contributed by atoms with van der Waals surface area (Å²) in [6, 6.07) is 9.49. The average Bonchev–Trinajstić information content (AvgIpc) is 2.65. The second-order valence-electron chi connectivity index (χ2n) is 6.12. The SMILES string of the molecule is CCCCOP(O)OCCCC.Nc1ccccc1.O=C1CCCCC1. The van der Waals surface area contributed by atoms with Gasteiger partial charge in [0.2, 0.25) is 0 Å². The van der Waals surface area contributed by atoms with Gasteiger partial charge in [0.25, 0.3) is 0 Å². The van der Waals surface area contributed by atoms with Crippen molar-refractivity contribution < 1.29 is 18.7 Å². The van der Waals surface area contributed by atoms with E-state index in [4.69, 9.17) is 19.7 Å². The Morgan fingerprint density at radius 2 is 1.46 bits per heavy atom. The van der Waals surface area contributed by atoms with Crippen LogP contribution >= 0.6 is 8.60 Å². The third-order valence-corrected chi connectivity index (χ3v) is 4.42. The van der Waals surface area contributed by atoms with Gasteiger partial charge in [-0.25, -0.2) is 0 Å². The number of hydrogen-bond acceptors (Lipinski definition) is 5. The van der Waals surface area contributed by atoms with Gasteiger partial charge in [0.05, 0.1) is 13.2 Å².